The molecule has 0 saturated carbocycles. The van der Waals surface area contributed by atoms with Crippen molar-refractivity contribution < 1.29 is 9.53 Å². The summed E-state index contributed by atoms with van der Waals surface area (Å²) in [5, 5.41) is 4.50. The van der Waals surface area contributed by atoms with Crippen LogP contribution in [0.3, 0.4) is 0 Å². The molecule has 0 amide bonds. The fourth-order valence-corrected chi connectivity index (χ4v) is 2.22. The molecule has 1 aromatic rings. The van der Waals surface area contributed by atoms with E-state index in [1.807, 2.05) is 19.1 Å². The van der Waals surface area contributed by atoms with Gasteiger partial charge in [0.2, 0.25) is 0 Å². The Morgan fingerprint density at radius 3 is 2.47 bits per heavy atom. The Morgan fingerprint density at radius 1 is 1.16 bits per heavy atom. The van der Waals surface area contributed by atoms with Crippen LogP contribution in [0.15, 0.2) is 18.2 Å². The van der Waals surface area contributed by atoms with E-state index in [1.54, 1.807) is 6.07 Å². The highest BCUT2D eigenvalue weighted by molar-refractivity contribution is 6.35. The van der Waals surface area contributed by atoms with E-state index in [1.165, 1.54) is 0 Å². The van der Waals surface area contributed by atoms with Crippen LogP contribution in [-0.2, 0) is 9.53 Å². The summed E-state index contributed by atoms with van der Waals surface area (Å²) in [5.41, 5.74) is 0.919. The van der Waals surface area contributed by atoms with Gasteiger partial charge in [-0.05, 0) is 38.0 Å². The molecule has 0 radical (unpaired) electrons. The molecule has 106 valence electrons. The maximum atomic E-state index is 11.1. The molecule has 1 rings (SSSR count). The lowest BCUT2D eigenvalue weighted by Crippen LogP contribution is -2.05. The molecule has 0 saturated heterocycles. The van der Waals surface area contributed by atoms with Gasteiger partial charge >= 0.3 is 5.97 Å². The minimum absolute atomic E-state index is 0.114. The van der Waals surface area contributed by atoms with E-state index in [0.717, 1.165) is 31.5 Å². The number of anilines is 1. The molecule has 0 aliphatic heterocycles. The number of ether oxygens (including phenoxy) is 1. The van der Waals surface area contributed by atoms with E-state index in [0.29, 0.717) is 23.1 Å². The van der Waals surface area contributed by atoms with Crippen molar-refractivity contribution in [3.05, 3.63) is 28.2 Å². The van der Waals surface area contributed by atoms with Crippen molar-refractivity contribution in [2.24, 2.45) is 0 Å². The topological polar surface area (TPSA) is 38.3 Å². The summed E-state index contributed by atoms with van der Waals surface area (Å²) in [6, 6.07) is 5.38. The summed E-state index contributed by atoms with van der Waals surface area (Å²) in [5.74, 6) is -0.114. The summed E-state index contributed by atoms with van der Waals surface area (Å²) in [6.45, 7) is 3.10. The number of benzene rings is 1. The van der Waals surface area contributed by atoms with Gasteiger partial charge in [0.05, 0.1) is 6.61 Å². The van der Waals surface area contributed by atoms with E-state index >= 15 is 0 Å². The first-order chi connectivity index (χ1) is 9.11. The maximum Gasteiger partial charge on any atom is 0.305 e. The highest BCUT2D eigenvalue weighted by Gasteiger charge is 2.01. The van der Waals surface area contributed by atoms with Gasteiger partial charge in [-0.25, -0.2) is 0 Å². The Morgan fingerprint density at radius 2 is 1.84 bits per heavy atom. The fraction of sp³-hybridized carbons (Fsp3) is 0.500. The quantitative estimate of drug-likeness (QED) is 0.566. The summed E-state index contributed by atoms with van der Waals surface area (Å²) < 4.78 is 4.86. The van der Waals surface area contributed by atoms with Gasteiger partial charge in [-0.1, -0.05) is 29.6 Å². The van der Waals surface area contributed by atoms with Crippen LogP contribution >= 0.6 is 23.2 Å². The van der Waals surface area contributed by atoms with Crippen molar-refractivity contribution in [3.8, 4) is 0 Å². The maximum absolute atomic E-state index is 11.1. The van der Waals surface area contributed by atoms with E-state index in [4.69, 9.17) is 27.9 Å². The number of hydrogen-bond acceptors (Lipinski definition) is 3. The van der Waals surface area contributed by atoms with Gasteiger partial charge < -0.3 is 10.1 Å². The van der Waals surface area contributed by atoms with Crippen molar-refractivity contribution in [2.45, 2.75) is 32.6 Å². The molecule has 0 unspecified atom stereocenters. The predicted octanol–water partition coefficient (Wildman–Crippen LogP) is 4.53. The third-order valence-electron chi connectivity index (χ3n) is 2.55. The van der Waals surface area contributed by atoms with Crippen molar-refractivity contribution in [2.75, 3.05) is 18.5 Å². The van der Waals surface area contributed by atoms with Crippen LogP contribution < -0.4 is 5.32 Å². The lowest BCUT2D eigenvalue weighted by atomic mass is 10.2. The summed E-state index contributed by atoms with van der Waals surface area (Å²) in [7, 11) is 0. The molecular formula is C14H19Cl2NO2. The lowest BCUT2D eigenvalue weighted by Gasteiger charge is -2.07. The largest absolute Gasteiger partial charge is 0.466 e. The van der Waals surface area contributed by atoms with Crippen LogP contribution in [0.5, 0.6) is 0 Å². The minimum Gasteiger partial charge on any atom is -0.466 e. The van der Waals surface area contributed by atoms with Crippen LogP contribution in [0.2, 0.25) is 10.0 Å². The standard InChI is InChI=1S/C14H19Cl2NO2/c1-2-19-14(18)6-4-3-5-7-17-13-9-11(15)8-12(16)10-13/h8-10,17H,2-7H2,1H3. The number of rotatable bonds is 8. The van der Waals surface area contributed by atoms with Gasteiger partial charge in [0.15, 0.2) is 0 Å². The third-order valence-corrected chi connectivity index (χ3v) is 2.99. The number of hydrogen-bond donors (Lipinski definition) is 1. The molecular weight excluding hydrogens is 285 g/mol. The Labute approximate surface area is 124 Å². The SMILES string of the molecule is CCOC(=O)CCCCCNc1cc(Cl)cc(Cl)c1. The van der Waals surface area contributed by atoms with E-state index in [-0.39, 0.29) is 5.97 Å². The number of carbonyl (C=O) groups excluding carboxylic acids is 1. The first kappa shape index (κ1) is 16.1. The van der Waals surface area contributed by atoms with Crippen LogP contribution in [0.25, 0.3) is 0 Å². The number of nitrogens with one attached hydrogen (secondary N) is 1. The van der Waals surface area contributed by atoms with E-state index in [9.17, 15) is 4.79 Å². The number of halogens is 2. The Hall–Kier alpha value is -0.930. The highest BCUT2D eigenvalue weighted by Crippen LogP contribution is 2.22. The zero-order chi connectivity index (χ0) is 14.1. The molecule has 5 heteroatoms. The molecule has 0 aliphatic carbocycles. The predicted molar refractivity (Wildman–Crippen MR) is 80.1 cm³/mol. The summed E-state index contributed by atoms with van der Waals surface area (Å²) >= 11 is 11.8. The molecule has 3 nitrogen and oxygen atoms in total. The van der Waals surface area contributed by atoms with Crippen LogP contribution in [0.1, 0.15) is 32.6 Å². The Kier molecular flexibility index (Phi) is 7.68. The molecule has 0 aromatic heterocycles. The second-order valence-electron chi connectivity index (χ2n) is 4.20. The molecule has 19 heavy (non-hydrogen) atoms. The molecule has 0 spiro atoms. The van der Waals surface area contributed by atoms with Gasteiger partial charge in [-0.2, -0.15) is 0 Å². The average Bonchev–Trinajstić information content (AvgIpc) is 2.32. The lowest BCUT2D eigenvalue weighted by molar-refractivity contribution is -0.143. The number of carbonyl (C=O) groups is 1. The average molecular weight is 304 g/mol. The second-order valence-corrected chi connectivity index (χ2v) is 5.07. The number of esters is 1. The molecule has 0 bridgehead atoms. The minimum atomic E-state index is -0.114. The fourth-order valence-electron chi connectivity index (χ4n) is 1.69. The van der Waals surface area contributed by atoms with Gasteiger partial charge in [-0.3, -0.25) is 4.79 Å². The molecule has 0 heterocycles. The van der Waals surface area contributed by atoms with Gasteiger partial charge in [0.1, 0.15) is 0 Å². The van der Waals surface area contributed by atoms with Crippen LogP contribution in [-0.4, -0.2) is 19.1 Å². The van der Waals surface area contributed by atoms with Crippen LogP contribution in [0, 0.1) is 0 Å². The zero-order valence-corrected chi connectivity index (χ0v) is 12.6. The van der Waals surface area contributed by atoms with E-state index < -0.39 is 0 Å². The van der Waals surface area contributed by atoms with Gasteiger partial charge in [-0.15, -0.1) is 0 Å². The normalized spacial score (nSPS) is 10.3. The second kappa shape index (κ2) is 9.05. The molecule has 1 N–H and O–H groups in total. The van der Waals surface area contributed by atoms with Crippen LogP contribution in [0.4, 0.5) is 5.69 Å². The molecule has 0 atom stereocenters. The Balaban J connectivity index is 2.12. The summed E-state index contributed by atoms with van der Waals surface area (Å²) in [4.78, 5) is 11.1. The zero-order valence-electron chi connectivity index (χ0n) is 11.0. The van der Waals surface area contributed by atoms with Crippen molar-refractivity contribution in [1.82, 2.24) is 0 Å². The third kappa shape index (κ3) is 7.28. The summed E-state index contributed by atoms with van der Waals surface area (Å²) in [6.07, 6.45) is 3.33. The molecule has 1 aromatic carbocycles. The molecule has 0 fully saturated rings. The highest BCUT2D eigenvalue weighted by atomic mass is 35.5. The van der Waals surface area contributed by atoms with Crippen molar-refractivity contribution in [1.29, 1.82) is 0 Å². The number of unbranched alkanes of at least 4 members (excludes halogenated alkanes) is 2. The van der Waals surface area contributed by atoms with Crippen molar-refractivity contribution >= 4 is 34.9 Å². The monoisotopic (exact) mass is 303 g/mol. The molecule has 0 aliphatic rings. The first-order valence-corrected chi connectivity index (χ1v) is 7.23. The Bertz CT molecular complexity index is 390. The van der Waals surface area contributed by atoms with E-state index in [2.05, 4.69) is 5.32 Å². The first-order valence-electron chi connectivity index (χ1n) is 6.47. The van der Waals surface area contributed by atoms with Crippen molar-refractivity contribution in [3.63, 3.8) is 0 Å². The smallest absolute Gasteiger partial charge is 0.305 e. The van der Waals surface area contributed by atoms with Gasteiger partial charge in [0, 0.05) is 28.7 Å². The van der Waals surface area contributed by atoms with Gasteiger partial charge in [0.25, 0.3) is 0 Å².